The van der Waals surface area contributed by atoms with Crippen LogP contribution in [0, 0.1) is 17.2 Å². The van der Waals surface area contributed by atoms with Crippen LogP contribution in [0.4, 0.5) is 0 Å². The molecule has 0 amide bonds. The molecule has 5 rings (SSSR count). The third kappa shape index (κ3) is 5.39. The fourth-order valence-electron chi connectivity index (χ4n) is 5.66. The van der Waals surface area contributed by atoms with Gasteiger partial charge in [-0.1, -0.05) is 106 Å². The summed E-state index contributed by atoms with van der Waals surface area (Å²) in [7, 11) is 0. The van der Waals surface area contributed by atoms with E-state index in [0.717, 1.165) is 35.8 Å². The van der Waals surface area contributed by atoms with Gasteiger partial charge >= 0.3 is 0 Å². The molecular weight excluding hydrogens is 398 g/mol. The van der Waals surface area contributed by atoms with Gasteiger partial charge in [0, 0.05) is 0 Å². The molecule has 1 heteroatoms. The lowest BCUT2D eigenvalue weighted by Gasteiger charge is -2.25. The average Bonchev–Trinajstić information content (AvgIpc) is 3.12. The molecule has 3 aromatic rings. The van der Waals surface area contributed by atoms with Gasteiger partial charge in [0.1, 0.15) is 0 Å². The predicted octanol–water partition coefficient (Wildman–Crippen LogP) is 8.60. The van der Waals surface area contributed by atoms with E-state index in [1.807, 2.05) is 0 Å². The molecule has 0 N–H and O–H groups in total. The third-order valence-corrected chi connectivity index (χ3v) is 7.94. The minimum atomic E-state index is 0.756. The highest BCUT2D eigenvalue weighted by Gasteiger charge is 2.19. The van der Waals surface area contributed by atoms with Gasteiger partial charge in [0.25, 0.3) is 0 Å². The summed E-state index contributed by atoms with van der Waals surface area (Å²) in [5.41, 5.74) is 8.64. The van der Waals surface area contributed by atoms with Crippen molar-refractivity contribution in [3.63, 3.8) is 0 Å². The Hall–Kier alpha value is -2.85. The zero-order chi connectivity index (χ0) is 22.5. The second-order valence-electron chi connectivity index (χ2n) is 10.3. The van der Waals surface area contributed by atoms with Crippen LogP contribution in [-0.4, -0.2) is 0 Å². The van der Waals surface area contributed by atoms with Crippen LogP contribution < -0.4 is 0 Å². The first-order chi connectivity index (χ1) is 16.3. The molecule has 168 valence electrons. The zero-order valence-electron chi connectivity index (χ0n) is 19.7. The van der Waals surface area contributed by atoms with E-state index >= 15 is 0 Å². The molecule has 0 bridgehead atoms. The molecule has 2 saturated carbocycles. The van der Waals surface area contributed by atoms with Crippen molar-refractivity contribution >= 4 is 0 Å². The van der Waals surface area contributed by atoms with Gasteiger partial charge in [0.15, 0.2) is 0 Å². The minimum Gasteiger partial charge on any atom is -0.192 e. The SMILES string of the molecule is N#Cc1cc(-c2cccc(Cc3ccc(C4CCCCCC4)cc3)c2)ccc1CC1CCC1. The van der Waals surface area contributed by atoms with E-state index in [1.54, 1.807) is 0 Å². The van der Waals surface area contributed by atoms with Crippen molar-refractivity contribution in [3.05, 3.63) is 94.5 Å². The molecule has 0 heterocycles. The lowest BCUT2D eigenvalue weighted by atomic mass is 9.80. The Morgan fingerprint density at radius 3 is 2.15 bits per heavy atom. The third-order valence-electron chi connectivity index (χ3n) is 7.94. The molecule has 2 fully saturated rings. The van der Waals surface area contributed by atoms with Crippen LogP contribution in [-0.2, 0) is 12.8 Å². The monoisotopic (exact) mass is 433 g/mol. The van der Waals surface area contributed by atoms with Crippen molar-refractivity contribution in [2.75, 3.05) is 0 Å². The van der Waals surface area contributed by atoms with Crippen LogP contribution in [0.2, 0.25) is 0 Å². The molecule has 0 aliphatic heterocycles. The molecule has 2 aliphatic rings. The molecule has 1 nitrogen and oxygen atoms in total. The van der Waals surface area contributed by atoms with Crippen LogP contribution in [0.3, 0.4) is 0 Å². The van der Waals surface area contributed by atoms with Crippen LogP contribution >= 0.6 is 0 Å². The van der Waals surface area contributed by atoms with E-state index in [-0.39, 0.29) is 0 Å². The Labute approximate surface area is 199 Å². The van der Waals surface area contributed by atoms with Gasteiger partial charge in [-0.05, 0) is 77.0 Å². The molecular formula is C32H35N. The summed E-state index contributed by atoms with van der Waals surface area (Å²) in [5.74, 6) is 1.53. The molecule has 0 spiro atoms. The largest absolute Gasteiger partial charge is 0.192 e. The van der Waals surface area contributed by atoms with Crippen LogP contribution in [0.15, 0.2) is 66.7 Å². The van der Waals surface area contributed by atoms with E-state index < -0.39 is 0 Å². The van der Waals surface area contributed by atoms with E-state index in [4.69, 9.17) is 0 Å². The Balaban J connectivity index is 1.29. The van der Waals surface area contributed by atoms with Crippen molar-refractivity contribution in [1.82, 2.24) is 0 Å². The van der Waals surface area contributed by atoms with Gasteiger partial charge in [0.2, 0.25) is 0 Å². The Morgan fingerprint density at radius 2 is 1.45 bits per heavy atom. The van der Waals surface area contributed by atoms with Gasteiger partial charge in [0.05, 0.1) is 11.6 Å². The van der Waals surface area contributed by atoms with E-state index in [0.29, 0.717) is 0 Å². The fourth-order valence-corrected chi connectivity index (χ4v) is 5.66. The minimum absolute atomic E-state index is 0.756. The lowest BCUT2D eigenvalue weighted by molar-refractivity contribution is 0.314. The van der Waals surface area contributed by atoms with Crippen LogP contribution in [0.25, 0.3) is 11.1 Å². The van der Waals surface area contributed by atoms with Gasteiger partial charge in [-0.25, -0.2) is 0 Å². The van der Waals surface area contributed by atoms with E-state index in [2.05, 4.69) is 72.8 Å². The Bertz CT molecular complexity index is 1110. The molecule has 0 radical (unpaired) electrons. The number of rotatable bonds is 6. The second-order valence-corrected chi connectivity index (χ2v) is 10.3. The molecule has 3 aromatic carbocycles. The van der Waals surface area contributed by atoms with Crippen molar-refractivity contribution in [2.24, 2.45) is 5.92 Å². The maximum Gasteiger partial charge on any atom is 0.0994 e. The topological polar surface area (TPSA) is 23.8 Å². The number of nitriles is 1. The lowest BCUT2D eigenvalue weighted by Crippen LogP contribution is -2.14. The normalized spacial score (nSPS) is 17.2. The predicted molar refractivity (Wildman–Crippen MR) is 137 cm³/mol. The highest BCUT2D eigenvalue weighted by atomic mass is 14.3. The summed E-state index contributed by atoms with van der Waals surface area (Å²) in [6.07, 6.45) is 14.3. The molecule has 33 heavy (non-hydrogen) atoms. The maximum atomic E-state index is 9.72. The van der Waals surface area contributed by atoms with Crippen molar-refractivity contribution in [2.45, 2.75) is 76.5 Å². The highest BCUT2D eigenvalue weighted by Crippen LogP contribution is 2.33. The smallest absolute Gasteiger partial charge is 0.0994 e. The summed E-state index contributed by atoms with van der Waals surface area (Å²) in [5, 5.41) is 9.72. The van der Waals surface area contributed by atoms with Gasteiger partial charge in [-0.15, -0.1) is 0 Å². The zero-order valence-corrected chi connectivity index (χ0v) is 19.7. The first-order valence-corrected chi connectivity index (χ1v) is 13.0. The molecule has 0 unspecified atom stereocenters. The number of hydrogen-bond acceptors (Lipinski definition) is 1. The second kappa shape index (κ2) is 10.4. The van der Waals surface area contributed by atoms with Gasteiger partial charge < -0.3 is 0 Å². The fraction of sp³-hybridized carbons (Fsp3) is 0.406. The van der Waals surface area contributed by atoms with Gasteiger partial charge in [-0.2, -0.15) is 5.26 Å². The summed E-state index contributed by atoms with van der Waals surface area (Å²) < 4.78 is 0. The standard InChI is InChI=1S/C32H35N/c33-23-32-22-31(18-17-30(32)20-24-7-5-8-24)29-12-6-9-26(21-29)19-25-13-15-28(16-14-25)27-10-3-1-2-4-11-27/h6,9,12-18,21-22,24,27H,1-5,7-8,10-11,19-20H2. The Kier molecular flexibility index (Phi) is 6.92. The average molecular weight is 434 g/mol. The summed E-state index contributed by atoms with van der Waals surface area (Å²) in [6.45, 7) is 0. The van der Waals surface area contributed by atoms with Crippen molar-refractivity contribution < 1.29 is 0 Å². The van der Waals surface area contributed by atoms with Gasteiger partial charge in [-0.3, -0.25) is 0 Å². The van der Waals surface area contributed by atoms with E-state index in [9.17, 15) is 5.26 Å². The van der Waals surface area contributed by atoms with Crippen LogP contribution in [0.5, 0.6) is 0 Å². The Morgan fingerprint density at radius 1 is 0.697 bits per heavy atom. The van der Waals surface area contributed by atoms with Crippen molar-refractivity contribution in [1.29, 1.82) is 5.26 Å². The number of nitrogens with zero attached hydrogens (tertiary/aromatic N) is 1. The van der Waals surface area contributed by atoms with E-state index in [1.165, 1.54) is 85.6 Å². The molecule has 0 saturated heterocycles. The number of hydrogen-bond donors (Lipinski definition) is 0. The molecule has 0 aromatic heterocycles. The van der Waals surface area contributed by atoms with Crippen LogP contribution in [0.1, 0.15) is 91.5 Å². The summed E-state index contributed by atoms with van der Waals surface area (Å²) in [4.78, 5) is 0. The first-order valence-electron chi connectivity index (χ1n) is 13.0. The molecule has 0 atom stereocenters. The number of benzene rings is 3. The maximum absolute atomic E-state index is 9.72. The summed E-state index contributed by atoms with van der Waals surface area (Å²) >= 11 is 0. The first kappa shape index (κ1) is 22.0. The quantitative estimate of drug-likeness (QED) is 0.357. The molecule has 2 aliphatic carbocycles. The summed E-state index contributed by atoms with van der Waals surface area (Å²) in [6, 6.07) is 27.2. The van der Waals surface area contributed by atoms with Crippen molar-refractivity contribution in [3.8, 4) is 17.2 Å². The highest BCUT2D eigenvalue weighted by molar-refractivity contribution is 5.67.